The molecule has 0 aromatic carbocycles. The molecule has 0 spiro atoms. The van der Waals surface area contributed by atoms with Crippen molar-refractivity contribution in [3.63, 3.8) is 0 Å². The van der Waals surface area contributed by atoms with Crippen LogP contribution in [0.4, 0.5) is 0 Å². The third-order valence-corrected chi connectivity index (χ3v) is 3.24. The molecular weight excluding hydrogens is 268 g/mol. The SMILES string of the molecule is COCCNCc1c(C)nn(C)c1Oc1cccnc1C. The molecule has 1 N–H and O–H groups in total. The molecule has 114 valence electrons. The molecule has 0 aliphatic rings. The van der Waals surface area contributed by atoms with Crippen LogP contribution in [0.2, 0.25) is 0 Å². The number of nitrogens with one attached hydrogen (secondary N) is 1. The minimum Gasteiger partial charge on any atom is -0.437 e. The second-order valence-electron chi connectivity index (χ2n) is 4.85. The fraction of sp³-hybridized carbons (Fsp3) is 0.467. The number of hydrogen-bond donors (Lipinski definition) is 1. The molecule has 6 nitrogen and oxygen atoms in total. The van der Waals surface area contributed by atoms with E-state index in [1.807, 2.05) is 33.0 Å². The van der Waals surface area contributed by atoms with Crippen molar-refractivity contribution in [2.45, 2.75) is 20.4 Å². The topological polar surface area (TPSA) is 61.2 Å². The molecule has 0 saturated carbocycles. The van der Waals surface area contributed by atoms with Crippen molar-refractivity contribution >= 4 is 0 Å². The zero-order valence-corrected chi connectivity index (χ0v) is 13.0. The minimum absolute atomic E-state index is 0.678. The lowest BCUT2D eigenvalue weighted by molar-refractivity contribution is 0.199. The minimum atomic E-state index is 0.678. The normalized spacial score (nSPS) is 10.9. The molecule has 0 atom stereocenters. The highest BCUT2D eigenvalue weighted by atomic mass is 16.5. The van der Waals surface area contributed by atoms with Crippen molar-refractivity contribution in [2.75, 3.05) is 20.3 Å². The highest BCUT2D eigenvalue weighted by molar-refractivity contribution is 5.36. The van der Waals surface area contributed by atoms with E-state index in [-0.39, 0.29) is 0 Å². The van der Waals surface area contributed by atoms with Crippen molar-refractivity contribution in [3.05, 3.63) is 35.3 Å². The third kappa shape index (κ3) is 3.80. The molecule has 0 saturated heterocycles. The highest BCUT2D eigenvalue weighted by Crippen LogP contribution is 2.28. The maximum atomic E-state index is 6.02. The van der Waals surface area contributed by atoms with E-state index in [0.29, 0.717) is 13.2 Å². The fourth-order valence-corrected chi connectivity index (χ4v) is 2.08. The van der Waals surface area contributed by atoms with Crippen molar-refractivity contribution in [3.8, 4) is 11.6 Å². The molecule has 6 heteroatoms. The molecule has 2 heterocycles. The molecule has 0 aliphatic carbocycles. The summed E-state index contributed by atoms with van der Waals surface area (Å²) < 4.78 is 12.8. The van der Waals surface area contributed by atoms with Crippen LogP contribution in [0.5, 0.6) is 11.6 Å². The quantitative estimate of drug-likeness (QED) is 0.790. The monoisotopic (exact) mass is 290 g/mol. The van der Waals surface area contributed by atoms with Crippen molar-refractivity contribution < 1.29 is 9.47 Å². The van der Waals surface area contributed by atoms with Crippen LogP contribution < -0.4 is 10.1 Å². The summed E-state index contributed by atoms with van der Waals surface area (Å²) in [5, 5.41) is 7.76. The zero-order valence-electron chi connectivity index (χ0n) is 13.0. The Bertz CT molecular complexity index is 595. The van der Waals surface area contributed by atoms with Crippen LogP contribution in [0.25, 0.3) is 0 Å². The standard InChI is InChI=1S/C15H22N4O2/c1-11-13(10-16-8-9-20-4)15(19(3)18-11)21-14-6-5-7-17-12(14)2/h5-7,16H,8-10H2,1-4H3. The van der Waals surface area contributed by atoms with E-state index in [4.69, 9.17) is 9.47 Å². The van der Waals surface area contributed by atoms with Crippen LogP contribution in [0.15, 0.2) is 18.3 Å². The second-order valence-corrected chi connectivity index (χ2v) is 4.85. The van der Waals surface area contributed by atoms with Crippen LogP contribution in [0, 0.1) is 13.8 Å². The van der Waals surface area contributed by atoms with Gasteiger partial charge in [-0.25, -0.2) is 4.68 Å². The van der Waals surface area contributed by atoms with Gasteiger partial charge < -0.3 is 14.8 Å². The number of methoxy groups -OCH3 is 1. The van der Waals surface area contributed by atoms with E-state index in [2.05, 4.69) is 15.4 Å². The lowest BCUT2D eigenvalue weighted by Crippen LogP contribution is -2.19. The molecular formula is C15H22N4O2. The molecule has 0 bridgehead atoms. The van der Waals surface area contributed by atoms with Gasteiger partial charge >= 0.3 is 0 Å². The maximum absolute atomic E-state index is 6.02. The van der Waals surface area contributed by atoms with E-state index < -0.39 is 0 Å². The molecule has 2 aromatic heterocycles. The number of pyridine rings is 1. The highest BCUT2D eigenvalue weighted by Gasteiger charge is 2.16. The number of nitrogens with zero attached hydrogens (tertiary/aromatic N) is 3. The Morgan fingerprint density at radius 3 is 2.81 bits per heavy atom. The zero-order chi connectivity index (χ0) is 15.2. The predicted molar refractivity (Wildman–Crippen MR) is 80.6 cm³/mol. The summed E-state index contributed by atoms with van der Waals surface area (Å²) in [6, 6.07) is 3.77. The average molecular weight is 290 g/mol. The van der Waals surface area contributed by atoms with Crippen molar-refractivity contribution in [1.29, 1.82) is 0 Å². The average Bonchev–Trinajstić information content (AvgIpc) is 2.72. The molecule has 0 amide bonds. The van der Waals surface area contributed by atoms with Gasteiger partial charge in [-0.2, -0.15) is 5.10 Å². The van der Waals surface area contributed by atoms with E-state index in [0.717, 1.165) is 35.1 Å². The smallest absolute Gasteiger partial charge is 0.222 e. The third-order valence-electron chi connectivity index (χ3n) is 3.24. The summed E-state index contributed by atoms with van der Waals surface area (Å²) in [7, 11) is 3.57. The number of ether oxygens (including phenoxy) is 2. The Morgan fingerprint density at radius 2 is 2.10 bits per heavy atom. The van der Waals surface area contributed by atoms with Gasteiger partial charge in [-0.3, -0.25) is 4.98 Å². The molecule has 0 fully saturated rings. The first-order valence-electron chi connectivity index (χ1n) is 6.95. The lowest BCUT2D eigenvalue weighted by Gasteiger charge is -2.11. The summed E-state index contributed by atoms with van der Waals surface area (Å²) in [4.78, 5) is 4.24. The summed E-state index contributed by atoms with van der Waals surface area (Å²) in [5.74, 6) is 1.49. The van der Waals surface area contributed by atoms with Gasteiger partial charge in [-0.15, -0.1) is 0 Å². The first-order chi connectivity index (χ1) is 10.1. The Labute approximate surface area is 125 Å². The van der Waals surface area contributed by atoms with Gasteiger partial charge in [0.2, 0.25) is 5.88 Å². The van der Waals surface area contributed by atoms with Crippen molar-refractivity contribution in [1.82, 2.24) is 20.1 Å². The lowest BCUT2D eigenvalue weighted by atomic mass is 10.2. The number of aromatic nitrogens is 3. The Morgan fingerprint density at radius 1 is 1.29 bits per heavy atom. The van der Waals surface area contributed by atoms with Gasteiger partial charge in [-0.05, 0) is 26.0 Å². The number of rotatable bonds is 7. The van der Waals surface area contributed by atoms with Crippen LogP contribution >= 0.6 is 0 Å². The van der Waals surface area contributed by atoms with E-state index in [1.165, 1.54) is 0 Å². The van der Waals surface area contributed by atoms with Gasteiger partial charge in [-0.1, -0.05) is 0 Å². The predicted octanol–water partition coefficient (Wildman–Crippen LogP) is 1.96. The van der Waals surface area contributed by atoms with E-state index >= 15 is 0 Å². The van der Waals surface area contributed by atoms with Gasteiger partial charge in [0.15, 0.2) is 5.75 Å². The molecule has 0 unspecified atom stereocenters. The van der Waals surface area contributed by atoms with Crippen LogP contribution in [0.1, 0.15) is 17.0 Å². The van der Waals surface area contributed by atoms with E-state index in [9.17, 15) is 0 Å². The van der Waals surface area contributed by atoms with Gasteiger partial charge in [0.05, 0.1) is 23.6 Å². The molecule has 0 aliphatic heterocycles. The first-order valence-corrected chi connectivity index (χ1v) is 6.95. The van der Waals surface area contributed by atoms with Crippen LogP contribution in [-0.2, 0) is 18.3 Å². The van der Waals surface area contributed by atoms with E-state index in [1.54, 1.807) is 18.0 Å². The molecule has 2 aromatic rings. The fourth-order valence-electron chi connectivity index (χ4n) is 2.08. The summed E-state index contributed by atoms with van der Waals surface area (Å²) in [6.45, 7) is 6.07. The Balaban J connectivity index is 2.16. The molecule has 21 heavy (non-hydrogen) atoms. The number of aryl methyl sites for hydroxylation is 3. The van der Waals surface area contributed by atoms with Crippen LogP contribution in [0.3, 0.4) is 0 Å². The largest absolute Gasteiger partial charge is 0.437 e. The Hall–Kier alpha value is -1.92. The van der Waals surface area contributed by atoms with Gasteiger partial charge in [0, 0.05) is 33.4 Å². The first kappa shape index (κ1) is 15.5. The van der Waals surface area contributed by atoms with Crippen LogP contribution in [-0.4, -0.2) is 35.0 Å². The molecule has 0 radical (unpaired) electrons. The summed E-state index contributed by atoms with van der Waals surface area (Å²) in [6.07, 6.45) is 1.75. The van der Waals surface area contributed by atoms with Crippen molar-refractivity contribution in [2.24, 2.45) is 7.05 Å². The number of hydrogen-bond acceptors (Lipinski definition) is 5. The molecule has 2 rings (SSSR count). The Kier molecular flexibility index (Phi) is 5.30. The van der Waals surface area contributed by atoms with Gasteiger partial charge in [0.1, 0.15) is 0 Å². The second kappa shape index (κ2) is 7.19. The summed E-state index contributed by atoms with van der Waals surface area (Å²) in [5.41, 5.74) is 2.87. The van der Waals surface area contributed by atoms with Gasteiger partial charge in [0.25, 0.3) is 0 Å². The summed E-state index contributed by atoms with van der Waals surface area (Å²) >= 11 is 0. The maximum Gasteiger partial charge on any atom is 0.222 e.